The van der Waals surface area contributed by atoms with Gasteiger partial charge < -0.3 is 24.3 Å². The molecule has 0 fully saturated rings. The first kappa shape index (κ1) is 36.3. The van der Waals surface area contributed by atoms with Crippen LogP contribution in [-0.4, -0.2) is 56.9 Å². The minimum atomic E-state index is -0.750. The molecule has 40 heavy (non-hydrogen) atoms. The van der Waals surface area contributed by atoms with Gasteiger partial charge in [-0.05, 0) is 25.1 Å². The van der Waals surface area contributed by atoms with Gasteiger partial charge in [0.15, 0.2) is 0 Å². The average Bonchev–Trinajstić information content (AvgIpc) is 3.47. The van der Waals surface area contributed by atoms with Gasteiger partial charge in [0, 0.05) is 13.0 Å². The van der Waals surface area contributed by atoms with Crippen LogP contribution < -0.4 is 10.3 Å². The second-order valence-electron chi connectivity index (χ2n) is 10.6. The number of rotatable bonds is 26. The molecule has 2 atom stereocenters. The molecule has 1 rings (SSSR count). The molecule has 0 saturated carbocycles. The molecule has 231 valence electrons. The van der Waals surface area contributed by atoms with Crippen molar-refractivity contribution < 1.29 is 28.5 Å². The minimum Gasteiger partial charge on any atom is -0.449 e. The third-order valence-corrected chi connectivity index (χ3v) is 7.67. The molecule has 0 saturated heterocycles. The number of aliphatic imine (C=N–C) groups is 1. The Hall–Kier alpha value is -1.74. The Bertz CT molecular complexity index is 703. The first-order valence-electron chi connectivity index (χ1n) is 15.7. The molecule has 0 aromatic carbocycles. The summed E-state index contributed by atoms with van der Waals surface area (Å²) in [7, 11) is 1.27. The van der Waals surface area contributed by atoms with Crippen LogP contribution >= 0.6 is 11.8 Å². The highest BCUT2D eigenvalue weighted by Crippen LogP contribution is 2.19. The molecule has 0 bridgehead atoms. The fourth-order valence-electron chi connectivity index (χ4n) is 4.53. The van der Waals surface area contributed by atoms with Gasteiger partial charge >= 0.3 is 12.2 Å². The lowest BCUT2D eigenvalue weighted by molar-refractivity contribution is -0.0541. The predicted molar refractivity (Wildman–Crippen MR) is 165 cm³/mol. The van der Waals surface area contributed by atoms with Crippen LogP contribution in [0, 0.1) is 0 Å². The Morgan fingerprint density at radius 3 is 1.95 bits per heavy atom. The van der Waals surface area contributed by atoms with E-state index in [9.17, 15) is 9.59 Å². The number of unbranched alkanes of at least 4 members (excludes halogenated alkanes) is 15. The van der Waals surface area contributed by atoms with E-state index in [1.165, 1.54) is 109 Å². The number of amides is 1. The van der Waals surface area contributed by atoms with Crippen molar-refractivity contribution in [3.8, 4) is 0 Å². The molecule has 1 heterocycles. The predicted octanol–water partition coefficient (Wildman–Crippen LogP) is 8.26. The average molecular weight is 585 g/mol. The van der Waals surface area contributed by atoms with E-state index >= 15 is 0 Å². The number of alkyl carbamates (subject to hydrolysis) is 1. The van der Waals surface area contributed by atoms with E-state index in [1.807, 2.05) is 12.3 Å². The molecule has 2 unspecified atom stereocenters. The number of hydrogen-bond acceptors (Lipinski definition) is 8. The highest BCUT2D eigenvalue weighted by molar-refractivity contribution is 8.14. The van der Waals surface area contributed by atoms with Gasteiger partial charge in [-0.3, -0.25) is 0 Å². The van der Waals surface area contributed by atoms with Crippen LogP contribution in [0.15, 0.2) is 11.1 Å². The third-order valence-electron chi connectivity index (χ3n) is 7.03. The van der Waals surface area contributed by atoms with Crippen LogP contribution in [0.5, 0.6) is 0 Å². The van der Waals surface area contributed by atoms with Crippen LogP contribution in [0.2, 0.25) is 0 Å². The van der Waals surface area contributed by atoms with E-state index in [0.29, 0.717) is 26.0 Å². The Balaban J connectivity index is 1.91. The highest BCUT2D eigenvalue weighted by Gasteiger charge is 2.29. The number of hydrogen-bond donors (Lipinski definition) is 1. The van der Waals surface area contributed by atoms with Crippen molar-refractivity contribution in [3.05, 3.63) is 11.1 Å². The van der Waals surface area contributed by atoms with Gasteiger partial charge in [0.05, 0.1) is 43.2 Å². The number of methoxy groups -OCH3 is 1. The van der Waals surface area contributed by atoms with E-state index < -0.39 is 12.3 Å². The normalized spacial score (nSPS) is 14.0. The van der Waals surface area contributed by atoms with Crippen molar-refractivity contribution in [2.75, 3.05) is 26.9 Å². The zero-order valence-corrected chi connectivity index (χ0v) is 26.3. The maximum absolute atomic E-state index is 11.9. The van der Waals surface area contributed by atoms with Crippen molar-refractivity contribution in [1.29, 1.82) is 0 Å². The number of ether oxygens (including phenoxy) is 4. The number of nitrogens with zero attached hydrogens (tertiary/aromatic N) is 1. The maximum atomic E-state index is 11.9. The van der Waals surface area contributed by atoms with Gasteiger partial charge in [0.25, 0.3) is 11.2 Å². The summed E-state index contributed by atoms with van der Waals surface area (Å²) in [4.78, 5) is 27.7. The quantitative estimate of drug-likeness (QED) is 0.0807. The second kappa shape index (κ2) is 26.2. The van der Waals surface area contributed by atoms with E-state index in [0.717, 1.165) is 18.5 Å². The van der Waals surface area contributed by atoms with Gasteiger partial charge in [-0.1, -0.05) is 103 Å². The van der Waals surface area contributed by atoms with Gasteiger partial charge in [0.2, 0.25) is 0 Å². The maximum Gasteiger partial charge on any atom is 0.508 e. The van der Waals surface area contributed by atoms with Gasteiger partial charge in [-0.2, -0.15) is 0 Å². The monoisotopic (exact) mass is 584 g/mol. The largest absolute Gasteiger partial charge is 0.508 e. The molecule has 1 amide bonds. The van der Waals surface area contributed by atoms with Gasteiger partial charge in [-0.15, -0.1) is 0 Å². The zero-order chi connectivity index (χ0) is 29.1. The SMILES string of the molecule is CCCCCCCCCCCCCCCCCCNC(=O)OCCCOC(C)C(CC1=CSC=[N+]1)OC(=O)OC. The molecule has 0 aromatic rings. The van der Waals surface area contributed by atoms with E-state index in [2.05, 4.69) is 22.0 Å². The van der Waals surface area contributed by atoms with Crippen LogP contribution in [-0.2, 0) is 18.9 Å². The fraction of sp³-hybridized carbons (Fsp3) is 0.839. The van der Waals surface area contributed by atoms with E-state index in [1.54, 1.807) is 5.55 Å². The summed E-state index contributed by atoms with van der Waals surface area (Å²) in [5.74, 6) is 0. The Kier molecular flexibility index (Phi) is 23.7. The molecule has 9 heteroatoms. The third kappa shape index (κ3) is 21.1. The van der Waals surface area contributed by atoms with E-state index in [-0.39, 0.29) is 18.8 Å². The summed E-state index contributed by atoms with van der Waals surface area (Å²) >= 11 is 1.48. The number of nitrogens with one attached hydrogen (secondary N) is 1. The lowest BCUT2D eigenvalue weighted by atomic mass is 10.0. The Labute approximate surface area is 247 Å². The van der Waals surface area contributed by atoms with Crippen molar-refractivity contribution in [3.63, 3.8) is 0 Å². The van der Waals surface area contributed by atoms with Crippen molar-refractivity contribution in [2.24, 2.45) is 0 Å². The first-order chi connectivity index (χ1) is 19.6. The second-order valence-corrected chi connectivity index (χ2v) is 11.3. The summed E-state index contributed by atoms with van der Waals surface area (Å²) in [5.41, 5.74) is 2.57. The van der Waals surface area contributed by atoms with Crippen LogP contribution in [0.4, 0.5) is 9.59 Å². The molecular formula is C31H56N2O6S+. The Morgan fingerprint density at radius 2 is 1.43 bits per heavy atom. The summed E-state index contributed by atoms with van der Waals surface area (Å²) in [6, 6.07) is 0. The summed E-state index contributed by atoms with van der Waals surface area (Å²) in [5, 5.41) is 4.73. The highest BCUT2D eigenvalue weighted by atomic mass is 32.2. The van der Waals surface area contributed by atoms with Gasteiger partial charge in [-0.25, -0.2) is 9.59 Å². The molecule has 0 aromatic heterocycles. The molecule has 8 nitrogen and oxygen atoms in total. The Morgan fingerprint density at radius 1 is 0.850 bits per heavy atom. The van der Waals surface area contributed by atoms with Gasteiger partial charge in [0.1, 0.15) is 6.10 Å². The summed E-state index contributed by atoms with van der Waals surface area (Å²) in [6.45, 7) is 5.41. The number of thioether (sulfide) groups is 1. The zero-order valence-electron chi connectivity index (χ0n) is 25.5. The van der Waals surface area contributed by atoms with Crippen molar-refractivity contribution in [2.45, 2.75) is 142 Å². The molecule has 0 spiro atoms. The topological polar surface area (TPSA) is 97.2 Å². The minimum absolute atomic E-state index is 0.270. The van der Waals surface area contributed by atoms with Crippen LogP contribution in [0.3, 0.4) is 0 Å². The molecule has 1 aliphatic heterocycles. The molecule has 1 radical (unpaired) electrons. The lowest BCUT2D eigenvalue weighted by Crippen LogP contribution is -2.33. The van der Waals surface area contributed by atoms with E-state index in [4.69, 9.17) is 14.2 Å². The lowest BCUT2D eigenvalue weighted by Gasteiger charge is -2.22. The van der Waals surface area contributed by atoms with Crippen LogP contribution in [0.1, 0.15) is 129 Å². The molecule has 1 N–H and O–H groups in total. The first-order valence-corrected chi connectivity index (χ1v) is 16.6. The van der Waals surface area contributed by atoms with Crippen LogP contribution in [0.25, 0.3) is 0 Å². The standard InChI is InChI=1S/C31H56N2O6S/c1-4-5-6-7-8-9-10-11-12-13-14-15-16-17-18-19-21-32-30(34)38-23-20-22-37-27(2)29(39-31(35)36-3)24-28-25-40-26-33-28/h25-27,29H,4-24H2,1-3H3,(H,32,34)/q+1. The fourth-order valence-corrected chi connectivity index (χ4v) is 5.11. The number of carbonyl (C=O) groups is 2. The molecule has 1 aliphatic rings. The number of carbonyl (C=O) groups excluding carboxylic acids is 2. The summed E-state index contributed by atoms with van der Waals surface area (Å²) in [6.07, 6.45) is 20.3. The smallest absolute Gasteiger partial charge is 0.449 e. The molecule has 0 aliphatic carbocycles. The molecular weight excluding hydrogens is 528 g/mol. The van der Waals surface area contributed by atoms with Crippen molar-refractivity contribution >= 4 is 29.6 Å². The summed E-state index contributed by atoms with van der Waals surface area (Å²) < 4.78 is 21.0. The van der Waals surface area contributed by atoms with Crippen molar-refractivity contribution in [1.82, 2.24) is 10.3 Å².